The van der Waals surface area contributed by atoms with E-state index in [1.165, 1.54) is 4.90 Å². The zero-order valence-corrected chi connectivity index (χ0v) is 27.4. The summed E-state index contributed by atoms with van der Waals surface area (Å²) >= 11 is 0. The Morgan fingerprint density at radius 1 is 1.04 bits per heavy atom. The van der Waals surface area contributed by atoms with Crippen LogP contribution in [0.5, 0.6) is 11.5 Å². The molecule has 2 aromatic carbocycles. The molecule has 2 unspecified atom stereocenters. The molecule has 252 valence electrons. The summed E-state index contributed by atoms with van der Waals surface area (Å²) in [5.74, 6) is 2.43. The van der Waals surface area contributed by atoms with E-state index in [4.69, 9.17) is 18.9 Å². The molecule has 3 heterocycles. The number of aryl methyl sites for hydroxylation is 1. The number of carboxylic acid groups (broad SMARTS) is 1. The van der Waals surface area contributed by atoms with Crippen LogP contribution in [0.4, 0.5) is 16.3 Å². The molecule has 1 aromatic heterocycles. The Bertz CT molecular complexity index is 1470. The van der Waals surface area contributed by atoms with Gasteiger partial charge in [-0.2, -0.15) is 0 Å². The number of unbranched alkanes of at least 4 members (excludes halogenated alkanes) is 1. The average molecular weight is 647 g/mol. The summed E-state index contributed by atoms with van der Waals surface area (Å²) in [7, 11) is 3.30. The van der Waals surface area contributed by atoms with Crippen molar-refractivity contribution < 1.29 is 33.6 Å². The molecule has 2 atom stereocenters. The third kappa shape index (κ3) is 9.14. The van der Waals surface area contributed by atoms with Crippen LogP contribution in [0.15, 0.2) is 60.8 Å². The number of hydrogen-bond acceptors (Lipinski definition) is 8. The minimum absolute atomic E-state index is 0.0408. The molecule has 11 heteroatoms. The molecule has 5 rings (SSSR count). The van der Waals surface area contributed by atoms with E-state index in [1.54, 1.807) is 20.4 Å². The largest absolute Gasteiger partial charge is 0.494 e. The van der Waals surface area contributed by atoms with Crippen LogP contribution >= 0.6 is 0 Å². The lowest BCUT2D eigenvalue weighted by Crippen LogP contribution is -2.46. The molecule has 2 aliphatic heterocycles. The van der Waals surface area contributed by atoms with Gasteiger partial charge in [0, 0.05) is 57.6 Å². The van der Waals surface area contributed by atoms with E-state index in [2.05, 4.69) is 28.5 Å². The lowest BCUT2D eigenvalue weighted by atomic mass is 9.87. The monoisotopic (exact) mass is 646 g/mol. The standard InChI is InChI=1S/C36H46N4O7/c1-44-21-6-19-40-31-23-26(8-9-28(31)12-15-34(40)41)25-47-33-24-39(36(42)43)20-16-30(33)27-10-13-29(14-11-27)46-22-4-3-17-37-35-32(45-2)7-5-18-38-35/h5,7-11,13-14,18,23,30,33H,3-4,6,12,15-17,19-22,24-25H2,1-2H3,(H,37,38)(H,42,43). The van der Waals surface area contributed by atoms with E-state index >= 15 is 0 Å². The van der Waals surface area contributed by atoms with Crippen LogP contribution in [-0.4, -0.2) is 86.7 Å². The minimum atomic E-state index is -0.936. The molecule has 1 fully saturated rings. The molecule has 0 aliphatic carbocycles. The number of rotatable bonds is 16. The first kappa shape index (κ1) is 34.0. The SMILES string of the molecule is COCCCN1C(=O)CCc2ccc(COC3CN(C(=O)O)CCC3c3ccc(OCCCCNc4ncccc4OC)cc3)cc21. The number of carbonyl (C=O) groups excluding carboxylic acids is 1. The Balaban J connectivity index is 1.16. The van der Waals surface area contributed by atoms with E-state index in [1.807, 2.05) is 41.3 Å². The fourth-order valence-corrected chi connectivity index (χ4v) is 6.25. The Hall–Kier alpha value is -4.35. The summed E-state index contributed by atoms with van der Waals surface area (Å²) in [5, 5.41) is 13.0. The normalized spacial score (nSPS) is 17.7. The van der Waals surface area contributed by atoms with Gasteiger partial charge < -0.3 is 39.2 Å². The topological polar surface area (TPSA) is 123 Å². The van der Waals surface area contributed by atoms with Gasteiger partial charge in [0.25, 0.3) is 0 Å². The highest BCUT2D eigenvalue weighted by Gasteiger charge is 2.33. The van der Waals surface area contributed by atoms with Crippen LogP contribution in [0.25, 0.3) is 0 Å². The third-order valence-electron chi connectivity index (χ3n) is 8.80. The van der Waals surface area contributed by atoms with E-state index < -0.39 is 6.09 Å². The molecule has 2 aliphatic rings. The lowest BCUT2D eigenvalue weighted by molar-refractivity contribution is -0.118. The molecule has 47 heavy (non-hydrogen) atoms. The van der Waals surface area contributed by atoms with Gasteiger partial charge in [-0.05, 0) is 79.1 Å². The van der Waals surface area contributed by atoms with Crippen molar-refractivity contribution in [3.05, 3.63) is 77.5 Å². The number of methoxy groups -OCH3 is 2. The molecule has 2 N–H and O–H groups in total. The van der Waals surface area contributed by atoms with Crippen LogP contribution in [0.1, 0.15) is 54.7 Å². The van der Waals surface area contributed by atoms with Crippen LogP contribution in [0, 0.1) is 0 Å². The van der Waals surface area contributed by atoms with E-state index in [0.29, 0.717) is 52.3 Å². The zero-order chi connectivity index (χ0) is 33.0. The van der Waals surface area contributed by atoms with Gasteiger partial charge in [-0.3, -0.25) is 4.79 Å². The Morgan fingerprint density at radius 2 is 1.89 bits per heavy atom. The fourth-order valence-electron chi connectivity index (χ4n) is 6.25. The van der Waals surface area contributed by atoms with Gasteiger partial charge in [-0.25, -0.2) is 9.78 Å². The number of benzene rings is 2. The summed E-state index contributed by atoms with van der Waals surface area (Å²) < 4.78 is 23.0. The maximum Gasteiger partial charge on any atom is 0.407 e. The first-order chi connectivity index (χ1) is 23.0. The molecule has 0 radical (unpaired) electrons. The number of piperidine rings is 1. The highest BCUT2D eigenvalue weighted by atomic mass is 16.5. The number of amides is 2. The van der Waals surface area contributed by atoms with Crippen molar-refractivity contribution in [2.24, 2.45) is 0 Å². The fraction of sp³-hybridized carbons (Fsp3) is 0.472. The number of likely N-dealkylation sites (tertiary alicyclic amines) is 1. The number of nitrogens with zero attached hydrogens (tertiary/aromatic N) is 3. The van der Waals surface area contributed by atoms with Crippen molar-refractivity contribution in [1.29, 1.82) is 0 Å². The van der Waals surface area contributed by atoms with Gasteiger partial charge in [-0.1, -0.05) is 24.3 Å². The number of pyridine rings is 1. The van der Waals surface area contributed by atoms with Gasteiger partial charge in [0.05, 0.1) is 33.0 Å². The smallest absolute Gasteiger partial charge is 0.407 e. The quantitative estimate of drug-likeness (QED) is 0.188. The number of nitrogens with one attached hydrogen (secondary N) is 1. The van der Waals surface area contributed by atoms with Crippen molar-refractivity contribution in [3.8, 4) is 11.5 Å². The summed E-state index contributed by atoms with van der Waals surface area (Å²) in [6.45, 7) is 3.64. The Kier molecular flexibility index (Phi) is 12.3. The summed E-state index contributed by atoms with van der Waals surface area (Å²) in [5.41, 5.74) is 4.15. The lowest BCUT2D eigenvalue weighted by Gasteiger charge is -2.37. The maximum atomic E-state index is 12.7. The van der Waals surface area contributed by atoms with Crippen LogP contribution in [0.2, 0.25) is 0 Å². The van der Waals surface area contributed by atoms with Gasteiger partial charge >= 0.3 is 6.09 Å². The zero-order valence-electron chi connectivity index (χ0n) is 27.4. The van der Waals surface area contributed by atoms with Crippen LogP contribution in [0.3, 0.4) is 0 Å². The first-order valence-corrected chi connectivity index (χ1v) is 16.4. The molecule has 0 saturated carbocycles. The molecule has 0 bridgehead atoms. The van der Waals surface area contributed by atoms with Crippen LogP contribution < -0.4 is 19.7 Å². The van der Waals surface area contributed by atoms with Crippen molar-refractivity contribution in [1.82, 2.24) is 9.88 Å². The molecule has 0 spiro atoms. The Morgan fingerprint density at radius 3 is 2.68 bits per heavy atom. The highest BCUT2D eigenvalue weighted by molar-refractivity contribution is 5.96. The summed E-state index contributed by atoms with van der Waals surface area (Å²) in [6.07, 6.45) is 4.96. The number of carbonyl (C=O) groups is 2. The molecule has 2 amide bonds. The van der Waals surface area contributed by atoms with Gasteiger partial charge in [-0.15, -0.1) is 0 Å². The van der Waals surface area contributed by atoms with E-state index in [9.17, 15) is 14.7 Å². The Labute approximate surface area is 276 Å². The van der Waals surface area contributed by atoms with E-state index in [0.717, 1.165) is 71.9 Å². The predicted molar refractivity (Wildman–Crippen MR) is 180 cm³/mol. The number of ether oxygens (including phenoxy) is 4. The van der Waals surface area contributed by atoms with Crippen molar-refractivity contribution >= 4 is 23.5 Å². The highest BCUT2D eigenvalue weighted by Crippen LogP contribution is 2.34. The average Bonchev–Trinajstić information content (AvgIpc) is 3.10. The van der Waals surface area contributed by atoms with Crippen molar-refractivity contribution in [2.75, 3.05) is 63.8 Å². The predicted octanol–water partition coefficient (Wildman–Crippen LogP) is 5.73. The molecular weight excluding hydrogens is 600 g/mol. The second-order valence-electron chi connectivity index (χ2n) is 11.9. The third-order valence-corrected chi connectivity index (χ3v) is 8.80. The van der Waals surface area contributed by atoms with E-state index in [-0.39, 0.29) is 17.9 Å². The number of anilines is 2. The van der Waals surface area contributed by atoms with Gasteiger partial charge in [0.2, 0.25) is 5.91 Å². The number of aromatic nitrogens is 1. The van der Waals surface area contributed by atoms with Crippen molar-refractivity contribution in [2.45, 2.75) is 57.2 Å². The second kappa shape index (κ2) is 17.0. The molecular formula is C36H46N4O7. The van der Waals surface area contributed by atoms with Gasteiger partial charge in [0.1, 0.15) is 5.75 Å². The first-order valence-electron chi connectivity index (χ1n) is 16.4. The van der Waals surface area contributed by atoms with Crippen LogP contribution in [-0.2, 0) is 27.3 Å². The molecule has 11 nitrogen and oxygen atoms in total. The summed E-state index contributed by atoms with van der Waals surface area (Å²) in [4.78, 5) is 32.2. The minimum Gasteiger partial charge on any atom is -0.494 e. The number of hydrogen-bond donors (Lipinski definition) is 2. The maximum absolute atomic E-state index is 12.7. The molecule has 3 aromatic rings. The number of fused-ring (bicyclic) bond motifs is 1. The second-order valence-corrected chi connectivity index (χ2v) is 11.9. The molecule has 1 saturated heterocycles. The van der Waals surface area contributed by atoms with Gasteiger partial charge in [0.15, 0.2) is 11.6 Å². The van der Waals surface area contributed by atoms with Crippen molar-refractivity contribution in [3.63, 3.8) is 0 Å². The summed E-state index contributed by atoms with van der Waals surface area (Å²) in [6, 6.07) is 18.0.